The van der Waals surface area contributed by atoms with Gasteiger partial charge in [-0.15, -0.1) is 0 Å². The summed E-state index contributed by atoms with van der Waals surface area (Å²) in [5, 5.41) is 0. The van der Waals surface area contributed by atoms with Gasteiger partial charge in [0.05, 0.1) is 5.69 Å². The van der Waals surface area contributed by atoms with Gasteiger partial charge in [0.15, 0.2) is 0 Å². The summed E-state index contributed by atoms with van der Waals surface area (Å²) in [7, 11) is 0. The summed E-state index contributed by atoms with van der Waals surface area (Å²) in [5.41, 5.74) is 3.63. The van der Waals surface area contributed by atoms with Crippen molar-refractivity contribution >= 4 is 0 Å². The zero-order chi connectivity index (χ0) is 13.2. The van der Waals surface area contributed by atoms with Gasteiger partial charge in [0.25, 0.3) is 0 Å². The van der Waals surface area contributed by atoms with E-state index in [1.54, 1.807) is 6.07 Å². The first kappa shape index (κ1) is 11.7. The fourth-order valence-electron chi connectivity index (χ4n) is 2.34. The lowest BCUT2D eigenvalue weighted by Gasteiger charge is -2.12. The fraction of sp³-hybridized carbons (Fsp3) is 0.0588. The highest BCUT2D eigenvalue weighted by Crippen LogP contribution is 2.28. The van der Waals surface area contributed by atoms with E-state index < -0.39 is 0 Å². The van der Waals surface area contributed by atoms with Crippen LogP contribution >= 0.6 is 0 Å². The van der Waals surface area contributed by atoms with Crippen LogP contribution in [0.1, 0.15) is 5.69 Å². The molecule has 0 unspecified atom stereocenters. The van der Waals surface area contributed by atoms with E-state index in [1.165, 1.54) is 6.07 Å². The first-order valence-electron chi connectivity index (χ1n) is 6.26. The Morgan fingerprint density at radius 3 is 2.21 bits per heavy atom. The normalized spacial score (nSPS) is 10.6. The largest absolute Gasteiger partial charge is 0.314 e. The summed E-state index contributed by atoms with van der Waals surface area (Å²) in [6.45, 7) is 2.03. The molecule has 0 saturated carbocycles. The summed E-state index contributed by atoms with van der Waals surface area (Å²) in [5.74, 6) is -0.196. The van der Waals surface area contributed by atoms with Crippen molar-refractivity contribution in [3.63, 3.8) is 0 Å². The molecule has 0 saturated heterocycles. The van der Waals surface area contributed by atoms with E-state index in [4.69, 9.17) is 0 Å². The van der Waals surface area contributed by atoms with Crippen LogP contribution in [-0.4, -0.2) is 4.57 Å². The van der Waals surface area contributed by atoms with E-state index in [-0.39, 0.29) is 5.82 Å². The second-order valence-corrected chi connectivity index (χ2v) is 4.51. The Balaban J connectivity index is 2.23. The van der Waals surface area contributed by atoms with E-state index in [1.807, 2.05) is 61.5 Å². The molecule has 0 radical (unpaired) electrons. The minimum Gasteiger partial charge on any atom is -0.314 e. The second kappa shape index (κ2) is 4.73. The van der Waals surface area contributed by atoms with Gasteiger partial charge in [-0.25, -0.2) is 4.39 Å². The van der Waals surface area contributed by atoms with Crippen LogP contribution in [0.15, 0.2) is 66.7 Å². The molecule has 0 bridgehead atoms. The molecule has 0 atom stereocenters. The molecule has 94 valence electrons. The van der Waals surface area contributed by atoms with Crippen molar-refractivity contribution in [3.8, 4) is 16.9 Å². The molecular formula is C17H14FN. The molecule has 0 aliphatic heterocycles. The molecule has 1 aromatic heterocycles. The number of para-hydroxylation sites is 1. The lowest BCUT2D eigenvalue weighted by Crippen LogP contribution is -1.99. The Hall–Kier alpha value is -2.35. The summed E-state index contributed by atoms with van der Waals surface area (Å²) >= 11 is 0. The molecule has 0 aliphatic carbocycles. The molecule has 3 aromatic rings. The molecule has 19 heavy (non-hydrogen) atoms. The van der Waals surface area contributed by atoms with Crippen LogP contribution in [0.3, 0.4) is 0 Å². The van der Waals surface area contributed by atoms with Crippen molar-refractivity contribution in [3.05, 3.63) is 78.2 Å². The van der Waals surface area contributed by atoms with Gasteiger partial charge in [-0.2, -0.15) is 0 Å². The zero-order valence-electron chi connectivity index (χ0n) is 10.7. The van der Waals surface area contributed by atoms with Gasteiger partial charge in [0.1, 0.15) is 5.82 Å². The minimum atomic E-state index is -0.196. The number of halogens is 1. The number of rotatable bonds is 2. The summed E-state index contributed by atoms with van der Waals surface area (Å²) < 4.78 is 16.0. The first-order valence-corrected chi connectivity index (χ1v) is 6.26. The number of aromatic nitrogens is 1. The average Bonchev–Trinajstić information content (AvgIpc) is 2.82. The molecule has 2 aromatic carbocycles. The number of hydrogen-bond acceptors (Lipinski definition) is 0. The third-order valence-corrected chi connectivity index (χ3v) is 3.24. The third kappa shape index (κ3) is 2.06. The van der Waals surface area contributed by atoms with Crippen molar-refractivity contribution in [1.29, 1.82) is 0 Å². The molecule has 0 amide bonds. The fourth-order valence-corrected chi connectivity index (χ4v) is 2.34. The monoisotopic (exact) mass is 251 g/mol. The summed E-state index contributed by atoms with van der Waals surface area (Å²) in [6, 6.07) is 20.8. The molecule has 0 N–H and O–H groups in total. The smallest absolute Gasteiger partial charge is 0.132 e. The number of benzene rings is 2. The van der Waals surface area contributed by atoms with Crippen LogP contribution < -0.4 is 0 Å². The van der Waals surface area contributed by atoms with Crippen LogP contribution in [0, 0.1) is 12.7 Å². The Kier molecular flexibility index (Phi) is 2.92. The maximum Gasteiger partial charge on any atom is 0.132 e. The zero-order valence-corrected chi connectivity index (χ0v) is 10.7. The maximum absolute atomic E-state index is 14.0. The van der Waals surface area contributed by atoms with Gasteiger partial charge in [-0.3, -0.25) is 0 Å². The van der Waals surface area contributed by atoms with Crippen molar-refractivity contribution in [2.45, 2.75) is 6.92 Å². The van der Waals surface area contributed by atoms with Crippen LogP contribution in [0.5, 0.6) is 0 Å². The summed E-state index contributed by atoms with van der Waals surface area (Å²) in [4.78, 5) is 0. The standard InChI is InChI=1S/C17H14FN/c1-13-11-12-17(15-9-5-6-10-16(15)18)19(13)14-7-3-2-4-8-14/h2-12H,1H3. The highest BCUT2D eigenvalue weighted by Gasteiger charge is 2.12. The van der Waals surface area contributed by atoms with Gasteiger partial charge in [-0.1, -0.05) is 30.3 Å². The molecule has 0 fully saturated rings. The van der Waals surface area contributed by atoms with Gasteiger partial charge in [-0.05, 0) is 43.3 Å². The molecule has 1 heterocycles. The van der Waals surface area contributed by atoms with Crippen molar-refractivity contribution in [2.75, 3.05) is 0 Å². The molecule has 0 spiro atoms. The minimum absolute atomic E-state index is 0.196. The van der Waals surface area contributed by atoms with Gasteiger partial charge < -0.3 is 4.57 Å². The van der Waals surface area contributed by atoms with E-state index in [0.29, 0.717) is 5.56 Å². The Morgan fingerprint density at radius 2 is 1.47 bits per heavy atom. The average molecular weight is 251 g/mol. The van der Waals surface area contributed by atoms with Crippen molar-refractivity contribution in [2.24, 2.45) is 0 Å². The Morgan fingerprint density at radius 1 is 0.789 bits per heavy atom. The SMILES string of the molecule is Cc1ccc(-c2ccccc2F)n1-c1ccccc1. The van der Waals surface area contributed by atoms with Crippen LogP contribution in [0.2, 0.25) is 0 Å². The van der Waals surface area contributed by atoms with Crippen LogP contribution in [-0.2, 0) is 0 Å². The lowest BCUT2D eigenvalue weighted by atomic mass is 10.1. The van der Waals surface area contributed by atoms with Gasteiger partial charge >= 0.3 is 0 Å². The Labute approximate surface area is 111 Å². The van der Waals surface area contributed by atoms with E-state index in [9.17, 15) is 4.39 Å². The quantitative estimate of drug-likeness (QED) is 0.627. The molecule has 3 rings (SSSR count). The second-order valence-electron chi connectivity index (χ2n) is 4.51. The highest BCUT2D eigenvalue weighted by atomic mass is 19.1. The van der Waals surface area contributed by atoms with Gasteiger partial charge in [0, 0.05) is 16.9 Å². The first-order chi connectivity index (χ1) is 9.27. The van der Waals surface area contributed by atoms with Crippen LogP contribution in [0.4, 0.5) is 4.39 Å². The van der Waals surface area contributed by atoms with Crippen molar-refractivity contribution < 1.29 is 4.39 Å². The Bertz CT molecular complexity index is 698. The molecular weight excluding hydrogens is 237 g/mol. The number of nitrogens with zero attached hydrogens (tertiary/aromatic N) is 1. The predicted octanol–water partition coefficient (Wildman–Crippen LogP) is 4.59. The highest BCUT2D eigenvalue weighted by molar-refractivity contribution is 5.64. The van der Waals surface area contributed by atoms with E-state index in [2.05, 4.69) is 4.57 Å². The number of hydrogen-bond donors (Lipinski definition) is 0. The molecule has 1 nitrogen and oxygen atoms in total. The molecule has 0 aliphatic rings. The van der Waals surface area contributed by atoms with E-state index in [0.717, 1.165) is 17.1 Å². The van der Waals surface area contributed by atoms with E-state index >= 15 is 0 Å². The van der Waals surface area contributed by atoms with Gasteiger partial charge in [0.2, 0.25) is 0 Å². The summed E-state index contributed by atoms with van der Waals surface area (Å²) in [6.07, 6.45) is 0. The lowest BCUT2D eigenvalue weighted by molar-refractivity contribution is 0.630. The predicted molar refractivity (Wildman–Crippen MR) is 75.9 cm³/mol. The van der Waals surface area contributed by atoms with Crippen LogP contribution in [0.25, 0.3) is 16.9 Å². The third-order valence-electron chi connectivity index (χ3n) is 3.24. The molecule has 2 heteroatoms. The number of aryl methyl sites for hydroxylation is 1. The van der Waals surface area contributed by atoms with Crippen molar-refractivity contribution in [1.82, 2.24) is 4.57 Å². The maximum atomic E-state index is 14.0. The topological polar surface area (TPSA) is 4.93 Å².